The van der Waals surface area contributed by atoms with Gasteiger partial charge in [0, 0.05) is 44.5 Å². The van der Waals surface area contributed by atoms with Gasteiger partial charge in [-0.05, 0) is 41.5 Å². The molecule has 3 aliphatic rings. The fourth-order valence-corrected chi connectivity index (χ4v) is 5.42. The third-order valence-electron chi connectivity index (χ3n) is 7.22. The second kappa shape index (κ2) is 8.23. The number of nitrogens with zero attached hydrogens (tertiary/aromatic N) is 3. The number of fused-ring (bicyclic) bond motifs is 4. The van der Waals surface area contributed by atoms with Crippen molar-refractivity contribution in [3.05, 3.63) is 95.6 Å². The van der Waals surface area contributed by atoms with Gasteiger partial charge in [-0.3, -0.25) is 4.90 Å². The molecule has 0 saturated carbocycles. The molecule has 6 rings (SSSR count). The van der Waals surface area contributed by atoms with Crippen molar-refractivity contribution in [2.45, 2.75) is 37.6 Å². The summed E-state index contributed by atoms with van der Waals surface area (Å²) in [6.45, 7) is 2.97. The van der Waals surface area contributed by atoms with Crippen LogP contribution in [0.25, 0.3) is 0 Å². The van der Waals surface area contributed by atoms with Crippen LogP contribution in [-0.2, 0) is 6.54 Å². The van der Waals surface area contributed by atoms with E-state index in [1.54, 1.807) is 7.11 Å². The standard InChI is InChI=1S/C28H29N3O2/c1-32-23-13-11-22(12-14-23)25-19-26-24-9-5-6-10-27(24)33-28(31(26)29-25)15-17-30(18-16-28)20-21-7-3-2-4-8-21/h2-14,26H,15-20H2,1H3/t26-/m0/s1. The smallest absolute Gasteiger partial charge is 0.200 e. The summed E-state index contributed by atoms with van der Waals surface area (Å²) in [6, 6.07) is 27.7. The van der Waals surface area contributed by atoms with E-state index in [1.165, 1.54) is 11.1 Å². The average Bonchev–Trinajstić information content (AvgIpc) is 3.33. The Kier molecular flexibility index (Phi) is 5.07. The van der Waals surface area contributed by atoms with Crippen molar-refractivity contribution in [2.24, 2.45) is 5.10 Å². The van der Waals surface area contributed by atoms with Gasteiger partial charge in [0.05, 0.1) is 18.9 Å². The Morgan fingerprint density at radius 2 is 1.67 bits per heavy atom. The number of para-hydroxylation sites is 1. The molecule has 1 spiro atoms. The number of hydrogen-bond donors (Lipinski definition) is 0. The van der Waals surface area contributed by atoms with Gasteiger partial charge in [0.2, 0.25) is 5.72 Å². The molecule has 0 N–H and O–H groups in total. The predicted octanol–water partition coefficient (Wildman–Crippen LogP) is 5.23. The Morgan fingerprint density at radius 3 is 2.42 bits per heavy atom. The van der Waals surface area contributed by atoms with Crippen molar-refractivity contribution in [3.63, 3.8) is 0 Å². The zero-order valence-corrected chi connectivity index (χ0v) is 19.0. The molecule has 0 amide bonds. The largest absolute Gasteiger partial charge is 0.497 e. The van der Waals surface area contributed by atoms with E-state index < -0.39 is 0 Å². The normalized spacial score (nSPS) is 21.2. The Hall–Kier alpha value is -3.31. The quantitative estimate of drug-likeness (QED) is 0.558. The van der Waals surface area contributed by atoms with Crippen molar-refractivity contribution in [1.82, 2.24) is 9.91 Å². The number of likely N-dealkylation sites (tertiary alicyclic amines) is 1. The summed E-state index contributed by atoms with van der Waals surface area (Å²) in [6.07, 6.45) is 2.76. The minimum absolute atomic E-state index is 0.215. The van der Waals surface area contributed by atoms with Crippen LogP contribution in [0.5, 0.6) is 11.5 Å². The lowest BCUT2D eigenvalue weighted by molar-refractivity contribution is -0.150. The summed E-state index contributed by atoms with van der Waals surface area (Å²) in [5.41, 5.74) is 4.48. The number of piperidine rings is 1. The molecule has 168 valence electrons. The molecule has 0 unspecified atom stereocenters. The molecule has 33 heavy (non-hydrogen) atoms. The van der Waals surface area contributed by atoms with Gasteiger partial charge < -0.3 is 9.47 Å². The van der Waals surface area contributed by atoms with Crippen molar-refractivity contribution in [2.75, 3.05) is 20.2 Å². The van der Waals surface area contributed by atoms with E-state index in [0.29, 0.717) is 0 Å². The first-order valence-corrected chi connectivity index (χ1v) is 11.8. The number of methoxy groups -OCH3 is 1. The lowest BCUT2D eigenvalue weighted by Gasteiger charge is -2.51. The first kappa shape index (κ1) is 20.3. The van der Waals surface area contributed by atoms with Gasteiger partial charge in [-0.1, -0.05) is 48.5 Å². The molecule has 0 radical (unpaired) electrons. The highest BCUT2D eigenvalue weighted by Crippen LogP contribution is 2.50. The molecule has 0 bridgehead atoms. The summed E-state index contributed by atoms with van der Waals surface area (Å²) in [7, 11) is 1.70. The number of ether oxygens (including phenoxy) is 2. The van der Waals surface area contributed by atoms with Crippen LogP contribution in [-0.4, -0.2) is 41.5 Å². The van der Waals surface area contributed by atoms with E-state index in [1.807, 2.05) is 12.1 Å². The van der Waals surface area contributed by atoms with Crippen LogP contribution in [0, 0.1) is 0 Å². The third-order valence-corrected chi connectivity index (χ3v) is 7.22. The van der Waals surface area contributed by atoms with Crippen molar-refractivity contribution >= 4 is 5.71 Å². The average molecular weight is 440 g/mol. The summed E-state index contributed by atoms with van der Waals surface area (Å²) in [5.74, 6) is 1.88. The van der Waals surface area contributed by atoms with Gasteiger partial charge in [-0.2, -0.15) is 5.10 Å². The molecule has 3 heterocycles. The fourth-order valence-electron chi connectivity index (χ4n) is 5.42. The van der Waals surface area contributed by atoms with Crippen molar-refractivity contribution in [3.8, 4) is 11.5 Å². The second-order valence-electron chi connectivity index (χ2n) is 9.19. The lowest BCUT2D eigenvalue weighted by Crippen LogP contribution is -2.59. The Labute approximate surface area is 195 Å². The highest BCUT2D eigenvalue weighted by Gasteiger charge is 2.51. The van der Waals surface area contributed by atoms with E-state index in [-0.39, 0.29) is 11.8 Å². The topological polar surface area (TPSA) is 37.3 Å². The molecular formula is C28H29N3O2. The summed E-state index contributed by atoms with van der Waals surface area (Å²) in [4.78, 5) is 2.53. The highest BCUT2D eigenvalue weighted by molar-refractivity contribution is 6.02. The van der Waals surface area contributed by atoms with E-state index >= 15 is 0 Å². The van der Waals surface area contributed by atoms with E-state index in [9.17, 15) is 0 Å². The molecular weight excluding hydrogens is 410 g/mol. The van der Waals surface area contributed by atoms with Crippen molar-refractivity contribution in [1.29, 1.82) is 0 Å². The Bertz CT molecular complexity index is 1150. The first-order valence-electron chi connectivity index (χ1n) is 11.8. The zero-order chi connectivity index (χ0) is 22.3. The van der Waals surface area contributed by atoms with Crippen LogP contribution < -0.4 is 9.47 Å². The van der Waals surface area contributed by atoms with Crippen molar-refractivity contribution < 1.29 is 9.47 Å². The Balaban J connectivity index is 1.28. The number of hydrogen-bond acceptors (Lipinski definition) is 5. The van der Waals surface area contributed by atoms with Gasteiger partial charge in [-0.15, -0.1) is 0 Å². The Morgan fingerprint density at radius 1 is 0.939 bits per heavy atom. The molecule has 5 nitrogen and oxygen atoms in total. The molecule has 3 aromatic carbocycles. The third kappa shape index (κ3) is 3.66. The van der Waals surface area contributed by atoms with Crippen LogP contribution in [0.15, 0.2) is 84.0 Å². The fraction of sp³-hybridized carbons (Fsp3) is 0.321. The number of rotatable bonds is 4. The molecule has 0 aromatic heterocycles. The minimum atomic E-state index is -0.388. The van der Waals surface area contributed by atoms with Gasteiger partial charge in [0.1, 0.15) is 11.5 Å². The van der Waals surface area contributed by atoms with Crippen LogP contribution in [0.3, 0.4) is 0 Å². The lowest BCUT2D eigenvalue weighted by atomic mass is 9.90. The summed E-state index contributed by atoms with van der Waals surface area (Å²) in [5, 5.41) is 7.47. The van der Waals surface area contributed by atoms with Gasteiger partial charge in [-0.25, -0.2) is 5.01 Å². The maximum absolute atomic E-state index is 6.77. The summed E-state index contributed by atoms with van der Waals surface area (Å²) < 4.78 is 12.1. The highest BCUT2D eigenvalue weighted by atomic mass is 16.5. The zero-order valence-electron chi connectivity index (χ0n) is 19.0. The van der Waals surface area contributed by atoms with Crippen LogP contribution in [0.2, 0.25) is 0 Å². The second-order valence-corrected chi connectivity index (χ2v) is 9.19. The molecule has 0 aliphatic carbocycles. The monoisotopic (exact) mass is 439 g/mol. The molecule has 1 fully saturated rings. The maximum Gasteiger partial charge on any atom is 0.200 e. The SMILES string of the molecule is COc1ccc(C2=NN3[C@@H](C2)c2ccccc2OC32CCN(Cc3ccccc3)CC2)cc1. The van der Waals surface area contributed by atoms with Gasteiger partial charge in [0.15, 0.2) is 0 Å². The molecule has 3 aliphatic heterocycles. The molecule has 5 heteroatoms. The number of benzene rings is 3. The number of hydrazone groups is 1. The first-order chi connectivity index (χ1) is 16.2. The van der Waals surface area contributed by atoms with Gasteiger partial charge >= 0.3 is 0 Å². The minimum Gasteiger partial charge on any atom is -0.497 e. The van der Waals surface area contributed by atoms with Crippen LogP contribution in [0.1, 0.15) is 42.0 Å². The van der Waals surface area contributed by atoms with Gasteiger partial charge in [0.25, 0.3) is 0 Å². The van der Waals surface area contributed by atoms with Crippen LogP contribution >= 0.6 is 0 Å². The predicted molar refractivity (Wildman–Crippen MR) is 129 cm³/mol. The molecule has 1 saturated heterocycles. The molecule has 1 atom stereocenters. The van der Waals surface area contributed by atoms with E-state index in [4.69, 9.17) is 14.6 Å². The van der Waals surface area contributed by atoms with E-state index in [0.717, 1.165) is 61.7 Å². The van der Waals surface area contributed by atoms with E-state index in [2.05, 4.69) is 76.6 Å². The van der Waals surface area contributed by atoms with Crippen LogP contribution in [0.4, 0.5) is 0 Å². The molecule has 3 aromatic rings. The maximum atomic E-state index is 6.77. The summed E-state index contributed by atoms with van der Waals surface area (Å²) >= 11 is 0.